The zero-order chi connectivity index (χ0) is 17.5. The molecule has 0 bridgehead atoms. The first kappa shape index (κ1) is 16.7. The Hall–Kier alpha value is -1.46. The summed E-state index contributed by atoms with van der Waals surface area (Å²) in [6.07, 6.45) is 9.05. The van der Waals surface area contributed by atoms with Gasteiger partial charge in [0.2, 0.25) is 4.77 Å². The molecule has 2 aromatic rings. The highest BCUT2D eigenvalue weighted by Gasteiger charge is 2.36. The summed E-state index contributed by atoms with van der Waals surface area (Å²) in [7, 11) is 0. The van der Waals surface area contributed by atoms with Crippen molar-refractivity contribution in [3.05, 3.63) is 46.5 Å². The topological polar surface area (TPSA) is 27.2 Å². The second-order valence-electron chi connectivity index (χ2n) is 8.56. The van der Waals surface area contributed by atoms with Crippen molar-refractivity contribution in [2.45, 2.75) is 63.6 Å². The lowest BCUT2D eigenvalue weighted by Crippen LogP contribution is -3.12. The molecular weight excluding hydrogens is 340 g/mol. The fraction of sp³-hybridized carbons (Fsp3) is 0.619. The third-order valence-electron chi connectivity index (χ3n) is 6.30. The summed E-state index contributed by atoms with van der Waals surface area (Å²) in [5.74, 6) is 2.81. The van der Waals surface area contributed by atoms with E-state index < -0.39 is 0 Å². The Morgan fingerprint density at radius 2 is 1.73 bits per heavy atom. The van der Waals surface area contributed by atoms with Gasteiger partial charge in [-0.3, -0.25) is 0 Å². The number of benzene rings is 1. The van der Waals surface area contributed by atoms with E-state index in [2.05, 4.69) is 39.6 Å². The summed E-state index contributed by atoms with van der Waals surface area (Å²) in [4.78, 5) is 1.65. The van der Waals surface area contributed by atoms with E-state index in [9.17, 15) is 0 Å². The summed E-state index contributed by atoms with van der Waals surface area (Å²) < 4.78 is 5.52. The van der Waals surface area contributed by atoms with E-state index in [0.29, 0.717) is 12.0 Å². The van der Waals surface area contributed by atoms with Crippen molar-refractivity contribution in [3.8, 4) is 0 Å². The van der Waals surface area contributed by atoms with Crippen LogP contribution in [0.5, 0.6) is 0 Å². The molecule has 0 atom stereocenters. The predicted molar refractivity (Wildman–Crippen MR) is 105 cm³/mol. The van der Waals surface area contributed by atoms with E-state index in [4.69, 9.17) is 17.3 Å². The Morgan fingerprint density at radius 1 is 1.00 bits per heavy atom. The first-order valence-electron chi connectivity index (χ1n) is 10.3. The van der Waals surface area contributed by atoms with Crippen LogP contribution in [0, 0.1) is 10.7 Å². The van der Waals surface area contributed by atoms with Gasteiger partial charge in [-0.25, -0.2) is 0 Å². The maximum atomic E-state index is 5.80. The first-order valence-corrected chi connectivity index (χ1v) is 10.8. The zero-order valence-corrected chi connectivity index (χ0v) is 16.3. The molecule has 26 heavy (non-hydrogen) atoms. The average Bonchev–Trinajstić information content (AvgIpc) is 3.57. The van der Waals surface area contributed by atoms with Crippen LogP contribution in [0.4, 0.5) is 0 Å². The molecule has 1 saturated heterocycles. The second kappa shape index (κ2) is 6.93. The van der Waals surface area contributed by atoms with Crippen LogP contribution in [0.3, 0.4) is 0 Å². The Morgan fingerprint density at radius 3 is 2.38 bits per heavy atom. The van der Waals surface area contributed by atoms with Gasteiger partial charge in [0.15, 0.2) is 6.67 Å². The molecule has 2 heterocycles. The van der Waals surface area contributed by atoms with E-state index in [1.54, 1.807) is 4.90 Å². The highest BCUT2D eigenvalue weighted by Crippen LogP contribution is 2.44. The molecule has 3 aliphatic rings. The molecular formula is C21H29N4S+. The number of aromatic nitrogens is 3. The number of quaternary nitrogens is 1. The normalized spacial score (nSPS) is 26.2. The predicted octanol–water partition coefficient (Wildman–Crippen LogP) is 3.12. The van der Waals surface area contributed by atoms with Crippen molar-refractivity contribution in [2.75, 3.05) is 13.1 Å². The van der Waals surface area contributed by atoms with Crippen LogP contribution < -0.4 is 4.90 Å². The minimum absolute atomic E-state index is 0.651. The SMILES string of the molecule is S=c1n(C[NH+]2CCC(Cc3ccccc3)CC2)nc(C2CC2)n1C1CC1. The van der Waals surface area contributed by atoms with E-state index in [1.807, 2.05) is 0 Å². The van der Waals surface area contributed by atoms with Crippen LogP contribution in [-0.4, -0.2) is 27.4 Å². The lowest BCUT2D eigenvalue weighted by atomic mass is 9.90. The molecule has 4 nitrogen and oxygen atoms in total. The van der Waals surface area contributed by atoms with Crippen molar-refractivity contribution in [1.82, 2.24) is 14.3 Å². The minimum Gasteiger partial charge on any atom is -0.316 e. The summed E-state index contributed by atoms with van der Waals surface area (Å²) >= 11 is 5.80. The highest BCUT2D eigenvalue weighted by molar-refractivity contribution is 7.71. The van der Waals surface area contributed by atoms with Gasteiger partial charge in [0, 0.05) is 12.0 Å². The molecule has 5 rings (SSSR count). The van der Waals surface area contributed by atoms with Gasteiger partial charge < -0.3 is 9.47 Å². The molecule has 0 spiro atoms. The second-order valence-corrected chi connectivity index (χ2v) is 8.92. The van der Waals surface area contributed by atoms with Crippen molar-refractivity contribution < 1.29 is 4.90 Å². The van der Waals surface area contributed by atoms with Crippen molar-refractivity contribution in [1.29, 1.82) is 0 Å². The first-order chi connectivity index (χ1) is 12.8. The summed E-state index contributed by atoms with van der Waals surface area (Å²) in [5.41, 5.74) is 1.49. The van der Waals surface area contributed by atoms with Crippen LogP contribution in [0.25, 0.3) is 0 Å². The zero-order valence-electron chi connectivity index (χ0n) is 15.4. The largest absolute Gasteiger partial charge is 0.316 e. The van der Waals surface area contributed by atoms with Crippen LogP contribution in [0.2, 0.25) is 0 Å². The van der Waals surface area contributed by atoms with Gasteiger partial charge in [-0.15, -0.1) is 0 Å². The van der Waals surface area contributed by atoms with Gasteiger partial charge in [0.05, 0.1) is 13.1 Å². The third-order valence-corrected chi connectivity index (χ3v) is 6.71. The number of hydrogen-bond donors (Lipinski definition) is 1. The van der Waals surface area contributed by atoms with E-state index in [0.717, 1.165) is 17.4 Å². The standard InChI is InChI=1S/C21H28N4S/c26-21-24(22-20(18-6-7-18)25(21)19-8-9-19)15-23-12-10-17(11-13-23)14-16-4-2-1-3-5-16/h1-5,17-19H,6-15H2/p+1. The molecule has 1 aromatic carbocycles. The van der Waals surface area contributed by atoms with Gasteiger partial charge >= 0.3 is 0 Å². The minimum atomic E-state index is 0.651. The van der Waals surface area contributed by atoms with Gasteiger partial charge in [0.1, 0.15) is 5.82 Å². The van der Waals surface area contributed by atoms with E-state index >= 15 is 0 Å². The number of rotatable bonds is 6. The molecule has 0 amide bonds. The summed E-state index contributed by atoms with van der Waals surface area (Å²) in [5, 5.41) is 4.97. The molecule has 1 aliphatic heterocycles. The van der Waals surface area contributed by atoms with Gasteiger partial charge in [-0.2, -0.15) is 9.78 Å². The van der Waals surface area contributed by atoms with Crippen molar-refractivity contribution in [3.63, 3.8) is 0 Å². The molecule has 3 fully saturated rings. The number of nitrogens with zero attached hydrogens (tertiary/aromatic N) is 3. The van der Waals surface area contributed by atoms with Crippen LogP contribution in [0.15, 0.2) is 30.3 Å². The van der Waals surface area contributed by atoms with Gasteiger partial charge in [-0.05, 0) is 68.6 Å². The lowest BCUT2D eigenvalue weighted by molar-refractivity contribution is -0.929. The van der Waals surface area contributed by atoms with Crippen molar-refractivity contribution in [2.24, 2.45) is 5.92 Å². The smallest absolute Gasteiger partial charge is 0.203 e. The molecule has 1 aromatic heterocycles. The van der Waals surface area contributed by atoms with Crippen LogP contribution in [-0.2, 0) is 13.1 Å². The molecule has 2 aliphatic carbocycles. The van der Waals surface area contributed by atoms with E-state index in [1.165, 1.54) is 69.4 Å². The molecule has 2 saturated carbocycles. The maximum Gasteiger partial charge on any atom is 0.203 e. The fourth-order valence-electron chi connectivity index (χ4n) is 4.44. The summed E-state index contributed by atoms with van der Waals surface area (Å²) in [6.45, 7) is 3.44. The van der Waals surface area contributed by atoms with E-state index in [-0.39, 0.29) is 0 Å². The van der Waals surface area contributed by atoms with Gasteiger partial charge in [-0.1, -0.05) is 30.3 Å². The Kier molecular flexibility index (Phi) is 4.45. The Balaban J connectivity index is 1.22. The molecule has 138 valence electrons. The number of piperidine rings is 1. The molecule has 0 unspecified atom stereocenters. The molecule has 1 N–H and O–H groups in total. The quantitative estimate of drug-likeness (QED) is 0.792. The van der Waals surface area contributed by atoms with Crippen LogP contribution >= 0.6 is 12.2 Å². The Bertz CT molecular complexity index is 808. The lowest BCUT2D eigenvalue weighted by Gasteiger charge is -2.29. The maximum absolute atomic E-state index is 5.80. The highest BCUT2D eigenvalue weighted by atomic mass is 32.1. The number of nitrogens with one attached hydrogen (secondary N) is 1. The number of hydrogen-bond acceptors (Lipinski definition) is 2. The third kappa shape index (κ3) is 3.52. The fourth-order valence-corrected chi connectivity index (χ4v) is 4.79. The summed E-state index contributed by atoms with van der Waals surface area (Å²) in [6, 6.07) is 11.6. The van der Waals surface area contributed by atoms with Crippen molar-refractivity contribution >= 4 is 12.2 Å². The van der Waals surface area contributed by atoms with Crippen LogP contribution in [0.1, 0.15) is 61.9 Å². The monoisotopic (exact) mass is 369 g/mol. The average molecular weight is 370 g/mol. The van der Waals surface area contributed by atoms with Gasteiger partial charge in [0.25, 0.3) is 0 Å². The molecule has 5 heteroatoms. The molecule has 0 radical (unpaired) electrons. The Labute approximate surface area is 160 Å². The number of likely N-dealkylation sites (tertiary alicyclic amines) is 1.